The van der Waals surface area contributed by atoms with Gasteiger partial charge in [-0.3, -0.25) is 4.79 Å². The van der Waals surface area contributed by atoms with Crippen molar-refractivity contribution in [1.82, 2.24) is 0 Å². The monoisotopic (exact) mass is 290 g/mol. The number of phenolic OH excluding ortho intramolecular Hbond substituents is 1. The molecule has 3 rings (SSSR count). The third-order valence-corrected chi connectivity index (χ3v) is 5.23. The highest BCUT2D eigenvalue weighted by atomic mass is 16.5. The molecule has 114 valence electrons. The van der Waals surface area contributed by atoms with Gasteiger partial charge in [-0.2, -0.15) is 0 Å². The van der Waals surface area contributed by atoms with Crippen LogP contribution >= 0.6 is 0 Å². The number of aromatic hydroxyl groups is 1. The van der Waals surface area contributed by atoms with Crippen molar-refractivity contribution in [2.75, 3.05) is 11.9 Å². The minimum Gasteiger partial charge on any atom is -0.506 e. The van der Waals surface area contributed by atoms with Crippen molar-refractivity contribution in [3.63, 3.8) is 0 Å². The van der Waals surface area contributed by atoms with Gasteiger partial charge in [-0.05, 0) is 31.0 Å². The Kier molecular flexibility index (Phi) is 3.04. The molecule has 0 aromatic heterocycles. The van der Waals surface area contributed by atoms with E-state index < -0.39 is 11.0 Å². The van der Waals surface area contributed by atoms with E-state index in [2.05, 4.69) is 5.32 Å². The lowest BCUT2D eigenvalue weighted by atomic mass is 9.48. The summed E-state index contributed by atoms with van der Waals surface area (Å²) in [6, 6.07) is 5.10. The third-order valence-electron chi connectivity index (χ3n) is 5.23. The van der Waals surface area contributed by atoms with Crippen LogP contribution in [-0.2, 0) is 9.53 Å². The first-order valence-corrected chi connectivity index (χ1v) is 7.30. The highest BCUT2D eigenvalue weighted by Gasteiger charge is 2.71. The number of carbonyl (C=O) groups is 1. The second-order valence-electron chi connectivity index (χ2n) is 6.75. The van der Waals surface area contributed by atoms with Crippen molar-refractivity contribution < 1.29 is 14.6 Å². The quantitative estimate of drug-likeness (QED) is 0.725. The molecule has 1 saturated heterocycles. The minimum atomic E-state index is -0.968. The van der Waals surface area contributed by atoms with Gasteiger partial charge in [-0.1, -0.05) is 19.9 Å². The second-order valence-corrected chi connectivity index (χ2v) is 6.75. The molecule has 1 aliphatic carbocycles. The van der Waals surface area contributed by atoms with Crippen molar-refractivity contribution >= 4 is 11.6 Å². The Morgan fingerprint density at radius 2 is 2.19 bits per heavy atom. The van der Waals surface area contributed by atoms with Crippen LogP contribution in [0.25, 0.3) is 0 Å². The summed E-state index contributed by atoms with van der Waals surface area (Å²) in [4.78, 5) is 12.7. The zero-order valence-electron chi connectivity index (χ0n) is 12.6. The van der Waals surface area contributed by atoms with Gasteiger partial charge in [-0.25, -0.2) is 0 Å². The van der Waals surface area contributed by atoms with Crippen molar-refractivity contribution in [2.24, 2.45) is 17.1 Å². The predicted octanol–water partition coefficient (Wildman–Crippen LogP) is 1.78. The Morgan fingerprint density at radius 3 is 2.90 bits per heavy atom. The van der Waals surface area contributed by atoms with Gasteiger partial charge in [0.2, 0.25) is 5.91 Å². The number of hydrogen-bond donors (Lipinski definition) is 3. The Morgan fingerprint density at radius 1 is 1.48 bits per heavy atom. The van der Waals surface area contributed by atoms with Crippen LogP contribution in [0.4, 0.5) is 5.69 Å². The predicted molar refractivity (Wildman–Crippen MR) is 80.0 cm³/mol. The van der Waals surface area contributed by atoms with Crippen molar-refractivity contribution in [2.45, 2.75) is 38.8 Å². The number of ether oxygens (including phenoxy) is 1. The van der Waals surface area contributed by atoms with Crippen LogP contribution < -0.4 is 11.1 Å². The fraction of sp³-hybridized carbons (Fsp3) is 0.562. The van der Waals surface area contributed by atoms with Crippen molar-refractivity contribution in [3.05, 3.63) is 23.8 Å². The summed E-state index contributed by atoms with van der Waals surface area (Å²) in [6.07, 6.45) is 0.844. The molecule has 4 N–H and O–H groups in total. The van der Waals surface area contributed by atoms with E-state index in [1.54, 1.807) is 18.2 Å². The van der Waals surface area contributed by atoms with Crippen LogP contribution in [0.15, 0.2) is 18.2 Å². The van der Waals surface area contributed by atoms with E-state index in [4.69, 9.17) is 10.5 Å². The Labute approximate surface area is 124 Å². The zero-order chi connectivity index (χ0) is 15.4. The average Bonchev–Trinajstić information content (AvgIpc) is 2.90. The second kappa shape index (κ2) is 4.45. The summed E-state index contributed by atoms with van der Waals surface area (Å²) in [6.45, 7) is 6.49. The lowest BCUT2D eigenvalue weighted by Crippen LogP contribution is -2.79. The van der Waals surface area contributed by atoms with Gasteiger partial charge in [0.25, 0.3) is 0 Å². The molecule has 0 spiro atoms. The van der Waals surface area contributed by atoms with E-state index in [-0.39, 0.29) is 23.7 Å². The molecule has 5 heteroatoms. The Balaban J connectivity index is 1.87. The summed E-state index contributed by atoms with van der Waals surface area (Å²) in [5.74, 6) is -0.159. The van der Waals surface area contributed by atoms with Gasteiger partial charge >= 0.3 is 0 Å². The first kappa shape index (κ1) is 14.4. The van der Waals surface area contributed by atoms with Crippen molar-refractivity contribution in [3.8, 4) is 5.75 Å². The smallest absolute Gasteiger partial charge is 0.245 e. The molecule has 1 saturated carbocycles. The summed E-state index contributed by atoms with van der Waals surface area (Å²) in [7, 11) is 0. The number of rotatable bonds is 2. The lowest BCUT2D eigenvalue weighted by molar-refractivity contribution is -0.170. The molecule has 0 bridgehead atoms. The first-order valence-electron chi connectivity index (χ1n) is 7.30. The normalized spacial score (nSPS) is 33.1. The number of fused-ring (bicyclic) bond motifs is 1. The van der Waals surface area contributed by atoms with Crippen LogP contribution in [0.1, 0.15) is 25.8 Å². The minimum absolute atomic E-state index is 0.0411. The number of benzene rings is 1. The highest BCUT2D eigenvalue weighted by Crippen LogP contribution is 2.58. The molecule has 3 atom stereocenters. The molecular weight excluding hydrogens is 268 g/mol. The summed E-state index contributed by atoms with van der Waals surface area (Å²) in [5, 5.41) is 12.7. The van der Waals surface area contributed by atoms with E-state index in [1.807, 2.05) is 20.8 Å². The lowest BCUT2D eigenvalue weighted by Gasteiger charge is -2.60. The summed E-state index contributed by atoms with van der Waals surface area (Å²) >= 11 is 0. The van der Waals surface area contributed by atoms with Gasteiger partial charge in [-0.15, -0.1) is 0 Å². The number of nitrogens with two attached hydrogens (primary N) is 1. The van der Waals surface area contributed by atoms with Crippen LogP contribution in [0.5, 0.6) is 5.75 Å². The fourth-order valence-corrected chi connectivity index (χ4v) is 3.82. The van der Waals surface area contributed by atoms with Crippen LogP contribution in [0.2, 0.25) is 0 Å². The average molecular weight is 290 g/mol. The zero-order valence-corrected chi connectivity index (χ0v) is 12.6. The summed E-state index contributed by atoms with van der Waals surface area (Å²) < 4.78 is 5.70. The number of carbonyl (C=O) groups excluding carboxylic acids is 1. The molecule has 21 heavy (non-hydrogen) atoms. The maximum atomic E-state index is 12.7. The van der Waals surface area contributed by atoms with Gasteiger partial charge in [0.05, 0.1) is 11.8 Å². The number of aryl methyl sites for hydroxylation is 1. The standard InChI is InChI=1S/C16H22N2O3/c1-9-4-5-12(19)11(8-9)18-14(20)16(17)10-6-7-21-13(10)15(16,2)3/h4-5,8,10,13,19H,6-7,17H2,1-3H3,(H,18,20). The highest BCUT2D eigenvalue weighted by molar-refractivity contribution is 6.01. The van der Waals surface area contributed by atoms with Crippen LogP contribution in [-0.4, -0.2) is 29.3 Å². The largest absolute Gasteiger partial charge is 0.506 e. The number of phenols is 1. The molecule has 2 fully saturated rings. The molecule has 1 aromatic carbocycles. The number of anilines is 1. The van der Waals surface area contributed by atoms with Gasteiger partial charge in [0.1, 0.15) is 11.3 Å². The molecule has 2 aliphatic rings. The molecule has 1 amide bonds. The number of hydrogen-bond acceptors (Lipinski definition) is 4. The number of amides is 1. The summed E-state index contributed by atoms with van der Waals surface area (Å²) in [5.41, 5.74) is 6.45. The third kappa shape index (κ3) is 1.80. The van der Waals surface area contributed by atoms with E-state index in [1.165, 1.54) is 0 Å². The van der Waals surface area contributed by atoms with Crippen LogP contribution in [0.3, 0.4) is 0 Å². The van der Waals surface area contributed by atoms with E-state index in [0.29, 0.717) is 12.3 Å². The molecule has 0 radical (unpaired) electrons. The van der Waals surface area contributed by atoms with E-state index in [9.17, 15) is 9.90 Å². The SMILES string of the molecule is Cc1ccc(O)c(NC(=O)C2(N)C3CCOC3C2(C)C)c1. The molecule has 1 heterocycles. The molecule has 1 aliphatic heterocycles. The van der Waals surface area contributed by atoms with E-state index in [0.717, 1.165) is 12.0 Å². The maximum Gasteiger partial charge on any atom is 0.245 e. The maximum absolute atomic E-state index is 12.7. The van der Waals surface area contributed by atoms with Gasteiger partial charge in [0.15, 0.2) is 0 Å². The number of nitrogens with one attached hydrogen (secondary N) is 1. The van der Waals surface area contributed by atoms with Gasteiger partial charge in [0, 0.05) is 17.9 Å². The Bertz CT molecular complexity index is 599. The molecular formula is C16H22N2O3. The van der Waals surface area contributed by atoms with E-state index >= 15 is 0 Å². The molecule has 5 nitrogen and oxygen atoms in total. The fourth-order valence-electron chi connectivity index (χ4n) is 3.82. The van der Waals surface area contributed by atoms with Crippen molar-refractivity contribution in [1.29, 1.82) is 0 Å². The molecule has 1 aromatic rings. The first-order chi connectivity index (χ1) is 9.78. The topological polar surface area (TPSA) is 84.6 Å². The molecule has 3 unspecified atom stereocenters. The Hall–Kier alpha value is -1.59. The van der Waals surface area contributed by atoms with Crippen LogP contribution in [0, 0.1) is 18.3 Å². The van der Waals surface area contributed by atoms with Gasteiger partial charge < -0.3 is 20.9 Å².